The number of carboxylic acids is 1. The molecule has 25 heavy (non-hydrogen) atoms. The number of carbonyl (C=O) groups excluding carboxylic acids is 1. The van der Waals surface area contributed by atoms with Crippen molar-refractivity contribution in [3.05, 3.63) is 35.9 Å². The lowest BCUT2D eigenvalue weighted by Crippen LogP contribution is -2.46. The van der Waals surface area contributed by atoms with Crippen molar-refractivity contribution in [2.45, 2.75) is 58.7 Å². The molecule has 0 radical (unpaired) electrons. The molecule has 1 aliphatic heterocycles. The molecule has 138 valence electrons. The summed E-state index contributed by atoms with van der Waals surface area (Å²) in [5.41, 5.74) is 7.46. The number of carbonyl (C=O) groups is 2. The number of hydrazine groups is 1. The second kappa shape index (κ2) is 8.45. The van der Waals surface area contributed by atoms with E-state index in [9.17, 15) is 9.59 Å². The van der Waals surface area contributed by atoms with Gasteiger partial charge in [-0.25, -0.2) is 5.43 Å². The number of carboxylic acid groups (broad SMARTS) is 1. The molecule has 6 nitrogen and oxygen atoms in total. The second-order valence-electron chi connectivity index (χ2n) is 7.74. The molecule has 3 N–H and O–H groups in total. The maximum absolute atomic E-state index is 13.0. The number of hydrogen-bond donors (Lipinski definition) is 3. The zero-order chi connectivity index (χ0) is 18.4. The van der Waals surface area contributed by atoms with Crippen LogP contribution in [0.5, 0.6) is 0 Å². The van der Waals surface area contributed by atoms with Crippen LogP contribution < -0.4 is 10.9 Å². The first kappa shape index (κ1) is 19.4. The molecule has 0 bridgehead atoms. The molecule has 2 atom stereocenters. The highest BCUT2D eigenvalue weighted by atomic mass is 16.4. The van der Waals surface area contributed by atoms with E-state index in [1.807, 2.05) is 30.3 Å². The zero-order valence-electron chi connectivity index (χ0n) is 15.3. The third-order valence-electron chi connectivity index (χ3n) is 4.59. The summed E-state index contributed by atoms with van der Waals surface area (Å²) in [5, 5.41) is 8.86. The van der Waals surface area contributed by atoms with Gasteiger partial charge in [0.05, 0.1) is 0 Å². The maximum atomic E-state index is 13.0. The topological polar surface area (TPSA) is 81.7 Å². The minimum atomic E-state index is -0.833. The smallest absolute Gasteiger partial charge is 0.303 e. The van der Waals surface area contributed by atoms with Crippen LogP contribution in [0, 0.1) is 5.41 Å². The number of nitrogens with zero attached hydrogens (tertiary/aromatic N) is 1. The highest BCUT2D eigenvalue weighted by Gasteiger charge is 2.37. The summed E-state index contributed by atoms with van der Waals surface area (Å²) in [6.07, 6.45) is 1.25. The molecule has 1 fully saturated rings. The van der Waals surface area contributed by atoms with Crippen molar-refractivity contribution in [2.24, 2.45) is 5.41 Å². The van der Waals surface area contributed by atoms with E-state index < -0.39 is 5.97 Å². The van der Waals surface area contributed by atoms with Gasteiger partial charge in [-0.3, -0.25) is 15.0 Å². The van der Waals surface area contributed by atoms with Crippen LogP contribution in [-0.2, 0) is 16.1 Å². The first-order valence-electron chi connectivity index (χ1n) is 8.83. The van der Waals surface area contributed by atoms with Crippen LogP contribution in [-0.4, -0.2) is 40.5 Å². The van der Waals surface area contributed by atoms with E-state index in [0.29, 0.717) is 19.5 Å². The third-order valence-corrected chi connectivity index (χ3v) is 4.59. The van der Waals surface area contributed by atoms with Gasteiger partial charge in [-0.2, -0.15) is 0 Å². The Morgan fingerprint density at radius 3 is 2.44 bits per heavy atom. The largest absolute Gasteiger partial charge is 0.481 e. The Kier molecular flexibility index (Phi) is 6.56. The van der Waals surface area contributed by atoms with Gasteiger partial charge < -0.3 is 10.0 Å². The zero-order valence-corrected chi connectivity index (χ0v) is 15.3. The molecule has 1 aromatic carbocycles. The van der Waals surface area contributed by atoms with Crippen molar-refractivity contribution in [3.8, 4) is 0 Å². The van der Waals surface area contributed by atoms with E-state index in [4.69, 9.17) is 5.11 Å². The number of rotatable bonds is 7. The lowest BCUT2D eigenvalue weighted by atomic mass is 9.84. The van der Waals surface area contributed by atoms with Crippen LogP contribution in [0.1, 0.15) is 45.6 Å². The lowest BCUT2D eigenvalue weighted by Gasteiger charge is -2.27. The minimum absolute atomic E-state index is 0.0218. The van der Waals surface area contributed by atoms with Crippen molar-refractivity contribution in [1.82, 2.24) is 15.8 Å². The van der Waals surface area contributed by atoms with E-state index in [0.717, 1.165) is 12.0 Å². The summed E-state index contributed by atoms with van der Waals surface area (Å²) in [6, 6.07) is 9.74. The van der Waals surface area contributed by atoms with E-state index in [2.05, 4.69) is 31.6 Å². The van der Waals surface area contributed by atoms with Crippen LogP contribution in [0.25, 0.3) is 0 Å². The van der Waals surface area contributed by atoms with Crippen molar-refractivity contribution < 1.29 is 14.7 Å². The molecule has 0 aliphatic carbocycles. The van der Waals surface area contributed by atoms with Gasteiger partial charge in [0.1, 0.15) is 6.04 Å². The van der Waals surface area contributed by atoms with E-state index in [1.54, 1.807) is 4.90 Å². The number of amides is 1. The van der Waals surface area contributed by atoms with E-state index >= 15 is 0 Å². The molecular formula is C19H29N3O3. The summed E-state index contributed by atoms with van der Waals surface area (Å²) in [6.45, 7) is 7.38. The van der Waals surface area contributed by atoms with Gasteiger partial charge >= 0.3 is 5.97 Å². The maximum Gasteiger partial charge on any atom is 0.303 e. The van der Waals surface area contributed by atoms with Gasteiger partial charge in [0, 0.05) is 25.6 Å². The average Bonchev–Trinajstić information content (AvgIpc) is 3.04. The highest BCUT2D eigenvalue weighted by Crippen LogP contribution is 2.26. The molecule has 0 aromatic heterocycles. The molecule has 6 heteroatoms. The Labute approximate surface area is 149 Å². The summed E-state index contributed by atoms with van der Waals surface area (Å²) in [7, 11) is 0. The predicted molar refractivity (Wildman–Crippen MR) is 96.6 cm³/mol. The van der Waals surface area contributed by atoms with Crippen LogP contribution in [0.15, 0.2) is 30.3 Å². The fourth-order valence-electron chi connectivity index (χ4n) is 3.00. The number of aliphatic carboxylic acids is 1. The van der Waals surface area contributed by atoms with Crippen LogP contribution in [0.3, 0.4) is 0 Å². The van der Waals surface area contributed by atoms with Crippen molar-refractivity contribution in [1.29, 1.82) is 0 Å². The molecule has 1 heterocycles. The van der Waals surface area contributed by atoms with Gasteiger partial charge in [-0.05, 0) is 23.8 Å². The molecule has 0 saturated carbocycles. The number of nitrogens with one attached hydrogen (secondary N) is 2. The standard InChI is InChI=1S/C19H29N3O3/c1-19(2,3)16-12-15(20-21-16)18(25)22(11-7-10-17(23)24)13-14-8-5-4-6-9-14/h4-6,8-9,15-16,20-21H,7,10-13H2,1-3H3,(H,23,24). The van der Waals surface area contributed by atoms with Gasteiger partial charge in [0.25, 0.3) is 0 Å². The summed E-state index contributed by atoms with van der Waals surface area (Å²) >= 11 is 0. The van der Waals surface area contributed by atoms with Crippen molar-refractivity contribution >= 4 is 11.9 Å². The molecule has 2 rings (SSSR count). The first-order valence-corrected chi connectivity index (χ1v) is 8.83. The number of hydrogen-bond acceptors (Lipinski definition) is 4. The SMILES string of the molecule is CC(C)(C)C1CC(C(=O)N(CCCC(=O)O)Cc2ccccc2)NN1. The Morgan fingerprint density at radius 1 is 1.20 bits per heavy atom. The Bertz CT molecular complexity index is 583. The lowest BCUT2D eigenvalue weighted by molar-refractivity contribution is -0.138. The van der Waals surface area contributed by atoms with Crippen LogP contribution in [0.2, 0.25) is 0 Å². The second-order valence-corrected chi connectivity index (χ2v) is 7.74. The first-order chi connectivity index (χ1) is 11.8. The Morgan fingerprint density at radius 2 is 1.88 bits per heavy atom. The molecule has 0 spiro atoms. The molecule has 1 aromatic rings. The van der Waals surface area contributed by atoms with E-state index in [1.165, 1.54) is 0 Å². The summed E-state index contributed by atoms with van der Waals surface area (Å²) in [5.74, 6) is -0.811. The molecule has 1 saturated heterocycles. The molecule has 2 unspecified atom stereocenters. The van der Waals surface area contributed by atoms with Crippen molar-refractivity contribution in [3.63, 3.8) is 0 Å². The summed E-state index contributed by atoms with van der Waals surface area (Å²) in [4.78, 5) is 25.5. The van der Waals surface area contributed by atoms with Gasteiger partial charge in [0.15, 0.2) is 0 Å². The predicted octanol–water partition coefficient (Wildman–Crippen LogP) is 2.16. The van der Waals surface area contributed by atoms with Gasteiger partial charge in [0.2, 0.25) is 5.91 Å². The molecule has 1 amide bonds. The van der Waals surface area contributed by atoms with Gasteiger partial charge in [-0.1, -0.05) is 51.1 Å². The molecular weight excluding hydrogens is 318 g/mol. The highest BCUT2D eigenvalue weighted by molar-refractivity contribution is 5.82. The fraction of sp³-hybridized carbons (Fsp3) is 0.579. The summed E-state index contributed by atoms with van der Waals surface area (Å²) < 4.78 is 0. The third kappa shape index (κ3) is 5.83. The minimum Gasteiger partial charge on any atom is -0.481 e. The van der Waals surface area contributed by atoms with Gasteiger partial charge in [-0.15, -0.1) is 0 Å². The Hall–Kier alpha value is -1.92. The number of benzene rings is 1. The fourth-order valence-corrected chi connectivity index (χ4v) is 3.00. The molecule has 1 aliphatic rings. The van der Waals surface area contributed by atoms with Crippen molar-refractivity contribution in [2.75, 3.05) is 6.54 Å². The quantitative estimate of drug-likeness (QED) is 0.704. The monoisotopic (exact) mass is 347 g/mol. The Balaban J connectivity index is 2.03. The van der Waals surface area contributed by atoms with E-state index in [-0.39, 0.29) is 29.8 Å². The van der Waals surface area contributed by atoms with Crippen LogP contribution >= 0.6 is 0 Å². The normalized spacial score (nSPS) is 20.4. The van der Waals surface area contributed by atoms with Crippen LogP contribution in [0.4, 0.5) is 0 Å². The average molecular weight is 347 g/mol.